The quantitative estimate of drug-likeness (QED) is 0.345. The van der Waals surface area contributed by atoms with Crippen LogP contribution in [0.4, 0.5) is 15.8 Å². The highest BCUT2D eigenvalue weighted by Crippen LogP contribution is 2.51. The second-order valence-electron chi connectivity index (χ2n) is 6.49. The zero-order valence-electron chi connectivity index (χ0n) is 14.3. The number of benzene rings is 1. The fourth-order valence-corrected chi connectivity index (χ4v) is 4.91. The third kappa shape index (κ3) is 5.31. The van der Waals surface area contributed by atoms with Gasteiger partial charge in [0.1, 0.15) is 19.9 Å². The summed E-state index contributed by atoms with van der Waals surface area (Å²) in [6.07, 6.45) is 1.26. The lowest BCUT2D eigenvalue weighted by Gasteiger charge is -2.35. The molecule has 146 valence electrons. The largest absolute Gasteiger partial charge is 0.378 e. The molecule has 0 radical (unpaired) electrons. The Morgan fingerprint density at radius 2 is 2.08 bits per heavy atom. The van der Waals surface area contributed by atoms with E-state index in [-0.39, 0.29) is 17.1 Å². The number of nitro benzene ring substituents is 1. The van der Waals surface area contributed by atoms with E-state index in [1.54, 1.807) is 0 Å². The number of nitrogens with zero attached hydrogens (tertiary/aromatic N) is 2. The zero-order valence-corrected chi connectivity index (χ0v) is 16.0. The number of nitrogens with two attached hydrogens (primary N) is 1. The number of primary sulfonamides is 1. The van der Waals surface area contributed by atoms with Gasteiger partial charge < -0.3 is 5.32 Å². The Morgan fingerprint density at radius 1 is 1.46 bits per heavy atom. The van der Waals surface area contributed by atoms with Gasteiger partial charge in [-0.2, -0.15) is 0 Å². The third-order valence-corrected chi connectivity index (χ3v) is 7.69. The van der Waals surface area contributed by atoms with E-state index in [4.69, 9.17) is 5.14 Å². The van der Waals surface area contributed by atoms with Crippen molar-refractivity contribution in [3.8, 4) is 0 Å². The molecule has 0 bridgehead atoms. The van der Waals surface area contributed by atoms with Crippen LogP contribution in [0.2, 0.25) is 0 Å². The normalized spacial score (nSPS) is 19.1. The first kappa shape index (κ1) is 20.9. The molecule has 1 atom stereocenters. The van der Waals surface area contributed by atoms with E-state index in [9.17, 15) is 27.8 Å². The second-order valence-corrected chi connectivity index (χ2v) is 11.6. The average molecular weight is 409 g/mol. The van der Waals surface area contributed by atoms with Gasteiger partial charge in [0.2, 0.25) is 10.0 Å². The van der Waals surface area contributed by atoms with E-state index < -0.39 is 40.8 Å². The van der Waals surface area contributed by atoms with Crippen LogP contribution in [0.3, 0.4) is 0 Å². The van der Waals surface area contributed by atoms with Gasteiger partial charge in [0.25, 0.3) is 5.69 Å². The maximum Gasteiger partial charge on any atom is 0.293 e. The van der Waals surface area contributed by atoms with Gasteiger partial charge in [-0.1, -0.05) is 0 Å². The molecular formula is C14H23FN4O5PS+. The lowest BCUT2D eigenvalue weighted by molar-refractivity contribution is -0.384. The predicted molar refractivity (Wildman–Crippen MR) is 99.1 cm³/mol. The Hall–Kier alpha value is -1.39. The van der Waals surface area contributed by atoms with Crippen LogP contribution in [0, 0.1) is 10.1 Å². The molecule has 0 aromatic heterocycles. The molecule has 1 aromatic carbocycles. The van der Waals surface area contributed by atoms with E-state index in [1.165, 1.54) is 6.07 Å². The number of sulfonamides is 1. The number of anilines is 1. The van der Waals surface area contributed by atoms with Crippen molar-refractivity contribution in [1.82, 2.24) is 4.90 Å². The SMILES string of the molecule is C[P+]1(O)CCN(C(CF)CNc2ccc(S(N)(=O)=O)cc2[N+](=O)[O-])CC1. The molecular weight excluding hydrogens is 386 g/mol. The molecule has 9 nitrogen and oxygen atoms in total. The van der Waals surface area contributed by atoms with Crippen molar-refractivity contribution in [1.29, 1.82) is 0 Å². The number of alkyl halides is 1. The maximum absolute atomic E-state index is 13.5. The number of nitro groups is 1. The monoisotopic (exact) mass is 409 g/mol. The highest BCUT2D eigenvalue weighted by molar-refractivity contribution is 7.89. The Morgan fingerprint density at radius 3 is 2.58 bits per heavy atom. The third-order valence-electron chi connectivity index (χ3n) is 4.45. The smallest absolute Gasteiger partial charge is 0.293 e. The summed E-state index contributed by atoms with van der Waals surface area (Å²) >= 11 is 0. The summed E-state index contributed by atoms with van der Waals surface area (Å²) < 4.78 is 36.2. The van der Waals surface area contributed by atoms with Crippen LogP contribution in [-0.2, 0) is 10.0 Å². The summed E-state index contributed by atoms with van der Waals surface area (Å²) in [5.74, 6) is 0. The van der Waals surface area contributed by atoms with E-state index in [0.717, 1.165) is 12.1 Å². The van der Waals surface area contributed by atoms with Crippen molar-refractivity contribution in [3.05, 3.63) is 28.3 Å². The molecule has 0 aliphatic carbocycles. The molecule has 1 aromatic rings. The Labute approximate surface area is 152 Å². The minimum Gasteiger partial charge on any atom is -0.378 e. The molecule has 4 N–H and O–H groups in total. The van der Waals surface area contributed by atoms with E-state index in [2.05, 4.69) is 5.32 Å². The van der Waals surface area contributed by atoms with Gasteiger partial charge in [-0.3, -0.25) is 19.9 Å². The van der Waals surface area contributed by atoms with Crippen LogP contribution >= 0.6 is 7.49 Å². The molecule has 0 saturated carbocycles. The predicted octanol–water partition coefficient (Wildman–Crippen LogP) is 0.863. The summed E-state index contributed by atoms with van der Waals surface area (Å²) in [5.41, 5.74) is -0.348. The summed E-state index contributed by atoms with van der Waals surface area (Å²) in [5, 5.41) is 19.0. The Kier molecular flexibility index (Phi) is 6.51. The van der Waals surface area contributed by atoms with Gasteiger partial charge in [-0.15, -0.1) is 0 Å². The molecule has 1 unspecified atom stereocenters. The fourth-order valence-electron chi connectivity index (χ4n) is 2.77. The van der Waals surface area contributed by atoms with Crippen molar-refractivity contribution in [3.63, 3.8) is 0 Å². The number of hydrogen-bond acceptors (Lipinski definition) is 7. The lowest BCUT2D eigenvalue weighted by Crippen LogP contribution is -2.47. The molecule has 1 heterocycles. The molecule has 1 saturated heterocycles. The van der Waals surface area contributed by atoms with Gasteiger partial charge in [0, 0.05) is 25.7 Å². The zero-order chi connectivity index (χ0) is 19.5. The van der Waals surface area contributed by atoms with Crippen molar-refractivity contribution < 1.29 is 22.6 Å². The van der Waals surface area contributed by atoms with Crippen LogP contribution in [0.15, 0.2) is 23.1 Å². The molecule has 1 aliphatic rings. The first-order valence-corrected chi connectivity index (χ1v) is 12.1. The number of rotatable bonds is 7. The molecule has 26 heavy (non-hydrogen) atoms. The first-order chi connectivity index (χ1) is 12.0. The fraction of sp³-hybridized carbons (Fsp3) is 0.571. The number of halogens is 1. The lowest BCUT2D eigenvalue weighted by atomic mass is 10.2. The summed E-state index contributed by atoms with van der Waals surface area (Å²) in [6.45, 7) is 2.47. The molecule has 2 rings (SSSR count). The molecule has 1 fully saturated rings. The Balaban J connectivity index is 2.11. The number of nitrogens with one attached hydrogen (secondary N) is 1. The second kappa shape index (κ2) is 8.10. The van der Waals surface area contributed by atoms with E-state index in [1.807, 2.05) is 11.6 Å². The average Bonchev–Trinajstić information content (AvgIpc) is 2.55. The highest BCUT2D eigenvalue weighted by Gasteiger charge is 2.36. The molecule has 0 spiro atoms. The van der Waals surface area contributed by atoms with Crippen molar-refractivity contribution in [2.45, 2.75) is 10.9 Å². The van der Waals surface area contributed by atoms with Crippen LogP contribution in [0.1, 0.15) is 0 Å². The highest BCUT2D eigenvalue weighted by atomic mass is 32.2. The van der Waals surface area contributed by atoms with Gasteiger partial charge in [-0.05, 0) is 12.1 Å². The summed E-state index contributed by atoms with van der Waals surface area (Å²) in [4.78, 5) is 22.1. The van der Waals surface area contributed by atoms with Gasteiger partial charge in [0.05, 0.1) is 34.8 Å². The van der Waals surface area contributed by atoms with E-state index in [0.29, 0.717) is 25.4 Å². The van der Waals surface area contributed by atoms with Gasteiger partial charge in [0.15, 0.2) is 0 Å². The van der Waals surface area contributed by atoms with Crippen molar-refractivity contribution in [2.24, 2.45) is 5.14 Å². The standard InChI is InChI=1S/C14H23FN4O5PS/c1-25(22)6-4-18(5-7-25)11(9-15)10-17-13-3-2-12(26(16,23)24)8-14(13)19(20)21/h2-3,8,11,17,22H,4-7,9-10H2,1H3,(H2,16,23,24)/q+1. The van der Waals surface area contributed by atoms with Crippen LogP contribution in [0.25, 0.3) is 0 Å². The first-order valence-electron chi connectivity index (χ1n) is 7.96. The summed E-state index contributed by atoms with van der Waals surface area (Å²) in [6, 6.07) is 2.80. The minimum atomic E-state index is -4.06. The summed E-state index contributed by atoms with van der Waals surface area (Å²) in [7, 11) is -5.95. The number of hydrogen-bond donors (Lipinski definition) is 3. The van der Waals surface area contributed by atoms with Crippen molar-refractivity contribution >= 4 is 28.9 Å². The minimum absolute atomic E-state index is 0.0948. The van der Waals surface area contributed by atoms with Crippen LogP contribution < -0.4 is 10.5 Å². The van der Waals surface area contributed by atoms with Crippen LogP contribution in [0.5, 0.6) is 0 Å². The molecule has 12 heteroatoms. The molecule has 0 amide bonds. The van der Waals surface area contributed by atoms with Crippen molar-refractivity contribution in [2.75, 3.05) is 50.6 Å². The van der Waals surface area contributed by atoms with Gasteiger partial charge >= 0.3 is 0 Å². The maximum atomic E-state index is 13.5. The van der Waals surface area contributed by atoms with Crippen LogP contribution in [-0.4, -0.2) is 74.5 Å². The van der Waals surface area contributed by atoms with E-state index >= 15 is 0 Å². The molecule has 1 aliphatic heterocycles. The van der Waals surface area contributed by atoms with Gasteiger partial charge in [-0.25, -0.2) is 17.9 Å². The Bertz CT molecular complexity index is 767. The topological polar surface area (TPSA) is 139 Å².